The molecule has 7 rings (SSSR count). The normalized spacial score (nSPS) is 11.9. The van der Waals surface area contributed by atoms with Crippen LogP contribution in [0, 0.1) is 5.41 Å². The van der Waals surface area contributed by atoms with E-state index in [1.807, 2.05) is 91.3 Å². The van der Waals surface area contributed by atoms with Gasteiger partial charge in [-0.1, -0.05) is 146 Å². The Morgan fingerprint density at radius 2 is 0.884 bits per heavy atom. The van der Waals surface area contributed by atoms with Gasteiger partial charge < -0.3 is 0 Å². The smallest absolute Gasteiger partial charge is 0.163 e. The summed E-state index contributed by atoms with van der Waals surface area (Å²) >= 11 is 0. The molecule has 0 aliphatic heterocycles. The first kappa shape index (κ1) is 26.1. The first-order valence-electron chi connectivity index (χ1n) is 14.3. The molecule has 0 fully saturated rings. The number of fused-ring (bicyclic) bond motifs is 3. The lowest BCUT2D eigenvalue weighted by molar-refractivity contribution is 1.31. The zero-order chi connectivity index (χ0) is 29.0. The molecule has 0 spiro atoms. The van der Waals surface area contributed by atoms with Gasteiger partial charge in [0, 0.05) is 21.9 Å². The molecule has 0 radical (unpaired) electrons. The number of hydrogen-bond donors (Lipinski definition) is 1. The summed E-state index contributed by atoms with van der Waals surface area (Å²) in [5, 5.41) is 11.2. The Hall–Kier alpha value is -5.87. The van der Waals surface area contributed by atoms with Crippen molar-refractivity contribution in [3.8, 4) is 22.3 Å². The third-order valence-corrected chi connectivity index (χ3v) is 7.65. The van der Waals surface area contributed by atoms with Crippen LogP contribution in [-0.4, -0.2) is 22.6 Å². The Balaban J connectivity index is 1.29. The van der Waals surface area contributed by atoms with Gasteiger partial charge in [0.2, 0.25) is 0 Å². The van der Waals surface area contributed by atoms with E-state index in [1.165, 1.54) is 10.8 Å². The molecule has 1 aromatic heterocycles. The minimum absolute atomic E-state index is 0.154. The van der Waals surface area contributed by atoms with Crippen LogP contribution in [0.5, 0.6) is 0 Å². The maximum atomic E-state index is 8.91. The van der Waals surface area contributed by atoms with E-state index in [0.29, 0.717) is 5.84 Å². The van der Waals surface area contributed by atoms with E-state index < -0.39 is 0 Å². The summed E-state index contributed by atoms with van der Waals surface area (Å²) in [7, 11) is 0. The van der Waals surface area contributed by atoms with Gasteiger partial charge in [0.25, 0.3) is 0 Å². The monoisotopic (exact) mass is 552 g/mol. The van der Waals surface area contributed by atoms with Crippen LogP contribution >= 0.6 is 0 Å². The molecule has 0 saturated carbocycles. The molecule has 43 heavy (non-hydrogen) atoms. The Morgan fingerprint density at radius 3 is 1.40 bits per heavy atom. The predicted octanol–water partition coefficient (Wildman–Crippen LogP) is 9.48. The summed E-state index contributed by atoms with van der Waals surface area (Å²) in [6, 6.07) is 53.3. The van der Waals surface area contributed by atoms with Crippen LogP contribution in [0.4, 0.5) is 0 Å². The van der Waals surface area contributed by atoms with Crippen molar-refractivity contribution in [2.45, 2.75) is 0 Å². The van der Waals surface area contributed by atoms with Gasteiger partial charge in [0.1, 0.15) is 6.34 Å². The highest BCUT2D eigenvalue weighted by atomic mass is 15.1. The van der Waals surface area contributed by atoms with E-state index >= 15 is 0 Å². The van der Waals surface area contributed by atoms with E-state index in [1.54, 1.807) is 0 Å². The lowest BCUT2D eigenvalue weighted by atomic mass is 10.0. The number of rotatable bonds is 5. The van der Waals surface area contributed by atoms with Crippen molar-refractivity contribution >= 4 is 39.8 Å². The highest BCUT2D eigenvalue weighted by molar-refractivity contribution is 6.15. The fraction of sp³-hybridized carbons (Fsp3) is 0. The maximum absolute atomic E-state index is 8.91. The first-order chi connectivity index (χ1) is 21.2. The zero-order valence-electron chi connectivity index (χ0n) is 23.4. The van der Waals surface area contributed by atoms with Crippen LogP contribution in [0.2, 0.25) is 0 Å². The van der Waals surface area contributed by atoms with E-state index in [-0.39, 0.29) is 5.84 Å². The molecule has 0 amide bonds. The minimum Gasteiger partial charge on any atom is -0.300 e. The molecule has 0 aliphatic rings. The molecule has 1 heterocycles. The van der Waals surface area contributed by atoms with Crippen LogP contribution in [0.25, 0.3) is 44.1 Å². The number of benzene rings is 6. The van der Waals surface area contributed by atoms with Gasteiger partial charge in [-0.05, 0) is 34.4 Å². The van der Waals surface area contributed by atoms with Crippen molar-refractivity contribution in [3.63, 3.8) is 0 Å². The van der Waals surface area contributed by atoms with Crippen molar-refractivity contribution in [1.29, 1.82) is 5.41 Å². The van der Waals surface area contributed by atoms with Crippen molar-refractivity contribution in [1.82, 2.24) is 4.57 Å². The molecule has 0 unspecified atom stereocenters. The highest BCUT2D eigenvalue weighted by Crippen LogP contribution is 2.28. The fourth-order valence-electron chi connectivity index (χ4n) is 5.42. The van der Waals surface area contributed by atoms with Crippen molar-refractivity contribution in [3.05, 3.63) is 169 Å². The van der Waals surface area contributed by atoms with Gasteiger partial charge in [-0.15, -0.1) is 0 Å². The lowest BCUT2D eigenvalue weighted by Crippen LogP contribution is -2.06. The summed E-state index contributed by atoms with van der Waals surface area (Å²) in [5.74, 6) is 0.625. The average molecular weight is 553 g/mol. The fourth-order valence-corrected chi connectivity index (χ4v) is 5.42. The third-order valence-electron chi connectivity index (χ3n) is 7.65. The summed E-state index contributed by atoms with van der Waals surface area (Å²) in [4.78, 5) is 9.69. The quantitative estimate of drug-likeness (QED) is 0.163. The summed E-state index contributed by atoms with van der Waals surface area (Å²) < 4.78 is 2.09. The molecule has 0 bridgehead atoms. The predicted molar refractivity (Wildman–Crippen MR) is 180 cm³/mol. The molecular weight excluding hydrogens is 524 g/mol. The van der Waals surface area contributed by atoms with Gasteiger partial charge in [-0.25, -0.2) is 9.98 Å². The molecule has 0 saturated heterocycles. The molecular formula is C39H28N4. The molecule has 1 N–H and O–H groups in total. The van der Waals surface area contributed by atoms with E-state index in [9.17, 15) is 0 Å². The number of amidine groups is 2. The molecule has 204 valence electrons. The van der Waals surface area contributed by atoms with E-state index in [0.717, 1.165) is 44.4 Å². The highest BCUT2D eigenvalue weighted by Gasteiger charge is 2.11. The Labute approximate surface area is 250 Å². The molecule has 0 atom stereocenters. The van der Waals surface area contributed by atoms with Crippen LogP contribution in [-0.2, 0) is 0 Å². The number of aromatic nitrogens is 1. The second-order valence-electron chi connectivity index (χ2n) is 10.3. The second-order valence-corrected chi connectivity index (χ2v) is 10.3. The van der Waals surface area contributed by atoms with Crippen LogP contribution in [0.1, 0.15) is 11.1 Å². The van der Waals surface area contributed by atoms with Gasteiger partial charge in [0.15, 0.2) is 11.7 Å². The molecule has 4 heteroatoms. The maximum Gasteiger partial charge on any atom is 0.163 e. The van der Waals surface area contributed by atoms with E-state index in [4.69, 9.17) is 15.4 Å². The summed E-state index contributed by atoms with van der Waals surface area (Å²) in [5.41, 5.74) is 8.19. The van der Waals surface area contributed by atoms with Crippen LogP contribution in [0.3, 0.4) is 0 Å². The first-order valence-corrected chi connectivity index (χ1v) is 14.3. The van der Waals surface area contributed by atoms with E-state index in [2.05, 4.69) is 77.4 Å². The zero-order valence-corrected chi connectivity index (χ0v) is 23.4. The number of aliphatic imine (C=N–C) groups is 2. The number of nitrogens with one attached hydrogen (secondary N) is 1. The van der Waals surface area contributed by atoms with Crippen molar-refractivity contribution in [2.75, 3.05) is 0 Å². The largest absolute Gasteiger partial charge is 0.300 e. The third kappa shape index (κ3) is 5.30. The van der Waals surface area contributed by atoms with Gasteiger partial charge >= 0.3 is 0 Å². The lowest BCUT2D eigenvalue weighted by Gasteiger charge is -2.07. The van der Waals surface area contributed by atoms with Crippen molar-refractivity contribution in [2.24, 2.45) is 9.98 Å². The molecule has 6 aromatic carbocycles. The number of para-hydroxylation sites is 2. The summed E-state index contributed by atoms with van der Waals surface area (Å²) in [6.45, 7) is 0. The molecule has 4 nitrogen and oxygen atoms in total. The minimum atomic E-state index is 0.154. The Bertz CT molecular complexity index is 2050. The number of hydrogen-bond acceptors (Lipinski definition) is 1. The topological polar surface area (TPSA) is 53.5 Å². The summed E-state index contributed by atoms with van der Waals surface area (Å²) in [6.07, 6.45) is 1.82. The van der Waals surface area contributed by atoms with Gasteiger partial charge in [-0.2, -0.15) is 0 Å². The molecule has 7 aromatic rings. The average Bonchev–Trinajstić information content (AvgIpc) is 3.41. The van der Waals surface area contributed by atoms with Gasteiger partial charge in [-0.3, -0.25) is 9.98 Å². The van der Waals surface area contributed by atoms with Gasteiger partial charge in [0.05, 0.1) is 11.0 Å². The van der Waals surface area contributed by atoms with Crippen LogP contribution in [0.15, 0.2) is 168 Å². The number of nitrogens with zero attached hydrogens (tertiary/aromatic N) is 3. The standard InChI is InChI=1S/C39H28N4/c40-38(32-23-19-30(20-24-32)28-11-3-1-4-12-28)42-39(33-25-21-31(22-26-33)29-13-5-2-6-14-29)41-27-43-36-17-9-7-15-34(36)35-16-8-10-18-37(35)43/h1-27,40H. The van der Waals surface area contributed by atoms with Crippen LogP contribution < -0.4 is 0 Å². The Kier molecular flexibility index (Phi) is 7.00. The second kappa shape index (κ2) is 11.6. The Morgan fingerprint density at radius 1 is 0.465 bits per heavy atom. The molecule has 0 aliphatic carbocycles. The SMILES string of the molecule is N=C(N=C(N=Cn1c2ccccc2c2ccccc21)c1ccc(-c2ccccc2)cc1)c1ccc(-c2ccccc2)cc1. The van der Waals surface area contributed by atoms with Crippen molar-refractivity contribution < 1.29 is 0 Å².